The van der Waals surface area contributed by atoms with Gasteiger partial charge in [0, 0.05) is 13.0 Å². The third-order valence-electron chi connectivity index (χ3n) is 5.10. The van der Waals surface area contributed by atoms with Crippen molar-refractivity contribution in [2.45, 2.75) is 91.4 Å². The molecule has 0 aliphatic rings. The van der Waals surface area contributed by atoms with Crippen molar-refractivity contribution in [1.29, 1.82) is 0 Å². The summed E-state index contributed by atoms with van der Waals surface area (Å²) >= 11 is 0. The highest BCUT2D eigenvalue weighted by Gasteiger charge is 2.01. The molecule has 3 heteroatoms. The van der Waals surface area contributed by atoms with Crippen molar-refractivity contribution in [2.75, 3.05) is 26.2 Å². The van der Waals surface area contributed by atoms with Crippen molar-refractivity contribution in [3.05, 3.63) is 48.6 Å². The molecule has 30 heavy (non-hydrogen) atoms. The summed E-state index contributed by atoms with van der Waals surface area (Å²) in [7, 11) is 0. The van der Waals surface area contributed by atoms with Crippen LogP contribution in [0.4, 0.5) is 0 Å². The maximum Gasteiger partial charge on any atom is 0.220 e. The van der Waals surface area contributed by atoms with Gasteiger partial charge in [-0.1, -0.05) is 82.2 Å². The van der Waals surface area contributed by atoms with E-state index in [-0.39, 0.29) is 5.91 Å². The Morgan fingerprint density at radius 2 is 1.23 bits per heavy atom. The van der Waals surface area contributed by atoms with E-state index < -0.39 is 0 Å². The minimum absolute atomic E-state index is 0.186. The first-order valence-electron chi connectivity index (χ1n) is 12.3. The summed E-state index contributed by atoms with van der Waals surface area (Å²) < 4.78 is 0. The number of nitrogens with one attached hydrogen (secondary N) is 1. The van der Waals surface area contributed by atoms with Gasteiger partial charge in [-0.3, -0.25) is 4.79 Å². The number of unbranched alkanes of at least 4 members (excludes halogenated alkanes) is 4. The van der Waals surface area contributed by atoms with Crippen LogP contribution in [0.2, 0.25) is 0 Å². The first kappa shape index (κ1) is 28.4. The van der Waals surface area contributed by atoms with Gasteiger partial charge in [0.1, 0.15) is 0 Å². The molecule has 0 radical (unpaired) electrons. The molecule has 0 heterocycles. The van der Waals surface area contributed by atoms with Crippen LogP contribution in [0.25, 0.3) is 0 Å². The van der Waals surface area contributed by atoms with Crippen LogP contribution < -0.4 is 5.32 Å². The van der Waals surface area contributed by atoms with Gasteiger partial charge < -0.3 is 10.2 Å². The fourth-order valence-corrected chi connectivity index (χ4v) is 3.10. The molecule has 0 aromatic heterocycles. The maximum atomic E-state index is 11.8. The van der Waals surface area contributed by atoms with E-state index in [1.165, 1.54) is 25.7 Å². The standard InChI is InChI=1S/C27H48N2O/c1-4-7-8-9-10-11-12-13-14-15-16-17-18-19-20-21-22-24-27(30)28-25-23-26-29(5-2)6-3/h10-11,13-14,16-17,19-20H,4-9,12,15,18,21-26H2,1-3H3,(H,28,30)/b11-10-,14-13-,17-16-,20-19-. The zero-order valence-corrected chi connectivity index (χ0v) is 20.1. The molecule has 1 amide bonds. The van der Waals surface area contributed by atoms with Crippen LogP contribution in [0, 0.1) is 0 Å². The third kappa shape index (κ3) is 21.1. The Labute approximate surface area is 187 Å². The number of nitrogens with zero attached hydrogens (tertiary/aromatic N) is 1. The lowest BCUT2D eigenvalue weighted by molar-refractivity contribution is -0.121. The fraction of sp³-hybridized carbons (Fsp3) is 0.667. The monoisotopic (exact) mass is 416 g/mol. The first-order chi connectivity index (χ1) is 14.7. The van der Waals surface area contributed by atoms with Gasteiger partial charge in [-0.25, -0.2) is 0 Å². The van der Waals surface area contributed by atoms with Gasteiger partial charge >= 0.3 is 0 Å². The minimum Gasteiger partial charge on any atom is -0.356 e. The van der Waals surface area contributed by atoms with Gasteiger partial charge in [0.05, 0.1) is 0 Å². The van der Waals surface area contributed by atoms with Gasteiger partial charge in [-0.2, -0.15) is 0 Å². The van der Waals surface area contributed by atoms with Gasteiger partial charge in [-0.15, -0.1) is 0 Å². The summed E-state index contributed by atoms with van der Waals surface area (Å²) in [5, 5.41) is 3.03. The average Bonchev–Trinajstić information content (AvgIpc) is 2.76. The van der Waals surface area contributed by atoms with Crippen LogP contribution in [-0.4, -0.2) is 37.0 Å². The van der Waals surface area contributed by atoms with E-state index in [1.807, 2.05) is 0 Å². The number of hydrogen-bond acceptors (Lipinski definition) is 2. The Kier molecular flexibility index (Phi) is 22.4. The van der Waals surface area contributed by atoms with E-state index in [0.29, 0.717) is 6.42 Å². The molecular formula is C27H48N2O. The molecule has 0 aliphatic heterocycles. The van der Waals surface area contributed by atoms with E-state index in [1.54, 1.807) is 0 Å². The highest BCUT2D eigenvalue weighted by Crippen LogP contribution is 2.01. The van der Waals surface area contributed by atoms with Crippen LogP contribution in [-0.2, 0) is 4.79 Å². The molecule has 1 N–H and O–H groups in total. The summed E-state index contributed by atoms with van der Waals surface area (Å²) in [5.74, 6) is 0.186. The zero-order valence-electron chi connectivity index (χ0n) is 20.1. The fourth-order valence-electron chi connectivity index (χ4n) is 3.10. The Bertz CT molecular complexity index is 487. The lowest BCUT2D eigenvalue weighted by atomic mass is 10.2. The van der Waals surface area contributed by atoms with Crippen LogP contribution in [0.15, 0.2) is 48.6 Å². The molecule has 0 saturated heterocycles. The highest BCUT2D eigenvalue weighted by atomic mass is 16.1. The smallest absolute Gasteiger partial charge is 0.220 e. The number of hydrogen-bond donors (Lipinski definition) is 1. The Morgan fingerprint density at radius 3 is 1.77 bits per heavy atom. The molecule has 0 aliphatic carbocycles. The molecule has 172 valence electrons. The number of carbonyl (C=O) groups is 1. The zero-order chi connectivity index (χ0) is 22.1. The summed E-state index contributed by atoms with van der Waals surface area (Å²) in [6.07, 6.45) is 29.6. The Hall–Kier alpha value is -1.61. The lowest BCUT2D eigenvalue weighted by Gasteiger charge is -2.17. The van der Waals surface area contributed by atoms with Gasteiger partial charge in [-0.05, 0) is 71.0 Å². The van der Waals surface area contributed by atoms with Crippen LogP contribution in [0.1, 0.15) is 91.4 Å². The van der Waals surface area contributed by atoms with Crippen molar-refractivity contribution in [1.82, 2.24) is 10.2 Å². The summed E-state index contributed by atoms with van der Waals surface area (Å²) in [6.45, 7) is 10.6. The van der Waals surface area contributed by atoms with E-state index in [0.717, 1.165) is 64.7 Å². The molecule has 0 bridgehead atoms. The second kappa shape index (κ2) is 23.7. The molecular weight excluding hydrogens is 368 g/mol. The predicted molar refractivity (Wildman–Crippen MR) is 134 cm³/mol. The number of allylic oxidation sites excluding steroid dienone is 8. The van der Waals surface area contributed by atoms with E-state index in [4.69, 9.17) is 0 Å². The van der Waals surface area contributed by atoms with Crippen molar-refractivity contribution >= 4 is 5.91 Å². The van der Waals surface area contributed by atoms with Crippen LogP contribution >= 0.6 is 0 Å². The molecule has 0 saturated carbocycles. The summed E-state index contributed by atoms with van der Waals surface area (Å²) in [5.41, 5.74) is 0. The van der Waals surface area contributed by atoms with Gasteiger partial charge in [0.2, 0.25) is 5.91 Å². The molecule has 0 rings (SSSR count). The quantitative estimate of drug-likeness (QED) is 0.171. The largest absolute Gasteiger partial charge is 0.356 e. The average molecular weight is 417 g/mol. The van der Waals surface area contributed by atoms with Gasteiger partial charge in [0.25, 0.3) is 0 Å². The highest BCUT2D eigenvalue weighted by molar-refractivity contribution is 5.75. The molecule has 0 aromatic carbocycles. The Balaban J connectivity index is 3.51. The normalized spacial score (nSPS) is 12.4. The SMILES string of the molecule is CCCCC/C=C\C/C=C\C/C=C\C/C=C\CCCC(=O)NCCCN(CC)CC. The maximum absolute atomic E-state index is 11.8. The number of rotatable bonds is 20. The second-order valence-electron chi connectivity index (χ2n) is 7.71. The minimum atomic E-state index is 0.186. The van der Waals surface area contributed by atoms with Crippen molar-refractivity contribution < 1.29 is 4.79 Å². The molecule has 0 spiro atoms. The topological polar surface area (TPSA) is 32.3 Å². The van der Waals surface area contributed by atoms with Crippen LogP contribution in [0.3, 0.4) is 0 Å². The lowest BCUT2D eigenvalue weighted by Crippen LogP contribution is -2.29. The second-order valence-corrected chi connectivity index (χ2v) is 7.71. The summed E-state index contributed by atoms with van der Waals surface area (Å²) in [6, 6.07) is 0. The molecule has 0 unspecified atom stereocenters. The van der Waals surface area contributed by atoms with Crippen molar-refractivity contribution in [3.63, 3.8) is 0 Å². The van der Waals surface area contributed by atoms with Gasteiger partial charge in [0.15, 0.2) is 0 Å². The molecule has 0 fully saturated rings. The number of carbonyl (C=O) groups excluding carboxylic acids is 1. The van der Waals surface area contributed by atoms with E-state index in [9.17, 15) is 4.79 Å². The number of amides is 1. The Morgan fingerprint density at radius 1 is 0.700 bits per heavy atom. The molecule has 3 nitrogen and oxygen atoms in total. The summed E-state index contributed by atoms with van der Waals surface area (Å²) in [4.78, 5) is 14.2. The van der Waals surface area contributed by atoms with Crippen LogP contribution in [0.5, 0.6) is 0 Å². The molecule has 0 atom stereocenters. The van der Waals surface area contributed by atoms with Crippen molar-refractivity contribution in [3.8, 4) is 0 Å². The van der Waals surface area contributed by atoms with Crippen molar-refractivity contribution in [2.24, 2.45) is 0 Å². The van der Waals surface area contributed by atoms with E-state index >= 15 is 0 Å². The first-order valence-corrected chi connectivity index (χ1v) is 12.3. The van der Waals surface area contributed by atoms with E-state index in [2.05, 4.69) is 79.6 Å². The molecule has 0 aromatic rings. The predicted octanol–water partition coefficient (Wildman–Crippen LogP) is 6.98. The third-order valence-corrected chi connectivity index (χ3v) is 5.10.